The number of imidazole rings is 1. The van der Waals surface area contributed by atoms with Crippen molar-refractivity contribution in [2.45, 2.75) is 6.42 Å². The Morgan fingerprint density at radius 2 is 2.27 bits per heavy atom. The number of aromatic amines is 1. The number of rotatable bonds is 4. The molecule has 4 N–H and O–H groups in total. The summed E-state index contributed by atoms with van der Waals surface area (Å²) in [7, 11) is 0. The quantitative estimate of drug-likeness (QED) is 0.693. The first-order valence-corrected chi connectivity index (χ1v) is 4.78. The molecular weight excluding hydrogens is 190 g/mol. The van der Waals surface area contributed by atoms with Gasteiger partial charge in [-0.3, -0.25) is 0 Å². The van der Waals surface area contributed by atoms with Crippen LogP contribution in [0.5, 0.6) is 0 Å². The molecule has 78 valence electrons. The van der Waals surface area contributed by atoms with Crippen LogP contribution < -0.4 is 11.1 Å². The lowest BCUT2D eigenvalue weighted by Gasteiger charge is -2.03. The van der Waals surface area contributed by atoms with Gasteiger partial charge in [-0.25, -0.2) is 9.97 Å². The summed E-state index contributed by atoms with van der Waals surface area (Å²) in [5.41, 5.74) is 6.20. The minimum Gasteiger partial charge on any atom is -0.397 e. The van der Waals surface area contributed by atoms with Crippen LogP contribution >= 0.6 is 0 Å². The molecule has 0 atom stereocenters. The van der Waals surface area contributed by atoms with Gasteiger partial charge >= 0.3 is 0 Å². The summed E-state index contributed by atoms with van der Waals surface area (Å²) >= 11 is 0. The van der Waals surface area contributed by atoms with E-state index >= 15 is 0 Å². The molecule has 5 heteroatoms. The zero-order valence-electron chi connectivity index (χ0n) is 8.27. The molecule has 0 radical (unpaired) electrons. The maximum absolute atomic E-state index is 5.53. The molecule has 0 aliphatic heterocycles. The smallest absolute Gasteiger partial charge is 0.126 e. The van der Waals surface area contributed by atoms with Gasteiger partial charge in [-0.1, -0.05) is 0 Å². The van der Waals surface area contributed by atoms with Crippen molar-refractivity contribution in [3.8, 4) is 0 Å². The molecule has 2 heterocycles. The SMILES string of the molecule is Nc1ccc(NCCc2ncc[nH]2)nc1. The molecule has 0 saturated carbocycles. The van der Waals surface area contributed by atoms with Gasteiger partial charge in [0.1, 0.15) is 11.6 Å². The predicted octanol–water partition coefficient (Wildman–Crippen LogP) is 1.04. The van der Waals surface area contributed by atoms with Crippen molar-refractivity contribution >= 4 is 11.5 Å². The minimum atomic E-state index is 0.673. The monoisotopic (exact) mass is 203 g/mol. The molecule has 0 aromatic carbocycles. The van der Waals surface area contributed by atoms with Crippen LogP contribution in [0.4, 0.5) is 11.5 Å². The largest absolute Gasteiger partial charge is 0.397 e. The van der Waals surface area contributed by atoms with Crippen molar-refractivity contribution in [1.82, 2.24) is 15.0 Å². The maximum Gasteiger partial charge on any atom is 0.126 e. The van der Waals surface area contributed by atoms with Gasteiger partial charge in [0.2, 0.25) is 0 Å². The van der Waals surface area contributed by atoms with Crippen LogP contribution in [0.2, 0.25) is 0 Å². The molecule has 2 aromatic rings. The molecule has 15 heavy (non-hydrogen) atoms. The fourth-order valence-corrected chi connectivity index (χ4v) is 1.25. The number of H-pyrrole nitrogens is 1. The third kappa shape index (κ3) is 2.70. The van der Waals surface area contributed by atoms with Crippen molar-refractivity contribution in [2.24, 2.45) is 0 Å². The summed E-state index contributed by atoms with van der Waals surface area (Å²) in [6, 6.07) is 3.68. The van der Waals surface area contributed by atoms with E-state index in [0.29, 0.717) is 5.69 Å². The normalized spacial score (nSPS) is 10.1. The highest BCUT2D eigenvalue weighted by Crippen LogP contribution is 2.05. The van der Waals surface area contributed by atoms with E-state index in [9.17, 15) is 0 Å². The fourth-order valence-electron chi connectivity index (χ4n) is 1.25. The Morgan fingerprint density at radius 1 is 1.33 bits per heavy atom. The lowest BCUT2D eigenvalue weighted by atomic mass is 10.4. The Kier molecular flexibility index (Phi) is 2.82. The average molecular weight is 203 g/mol. The van der Waals surface area contributed by atoms with Gasteiger partial charge in [0.15, 0.2) is 0 Å². The third-order valence-corrected chi connectivity index (χ3v) is 2.01. The van der Waals surface area contributed by atoms with Gasteiger partial charge in [0.05, 0.1) is 11.9 Å². The zero-order valence-corrected chi connectivity index (χ0v) is 8.27. The molecule has 2 aromatic heterocycles. The Hall–Kier alpha value is -2.04. The summed E-state index contributed by atoms with van der Waals surface area (Å²) in [5, 5.41) is 3.18. The van der Waals surface area contributed by atoms with Gasteiger partial charge in [-0.2, -0.15) is 0 Å². The van der Waals surface area contributed by atoms with Crippen LogP contribution in [-0.2, 0) is 6.42 Å². The first-order chi connectivity index (χ1) is 7.34. The number of nitrogens with one attached hydrogen (secondary N) is 2. The van der Waals surface area contributed by atoms with E-state index in [1.807, 2.05) is 18.3 Å². The van der Waals surface area contributed by atoms with Crippen molar-refractivity contribution in [1.29, 1.82) is 0 Å². The van der Waals surface area contributed by atoms with Crippen LogP contribution in [0.15, 0.2) is 30.7 Å². The minimum absolute atomic E-state index is 0.673. The molecular formula is C10H13N5. The number of pyridine rings is 1. The molecule has 0 aliphatic rings. The van der Waals surface area contributed by atoms with Crippen LogP contribution in [0, 0.1) is 0 Å². The summed E-state index contributed by atoms with van der Waals surface area (Å²) in [6.07, 6.45) is 6.04. The second kappa shape index (κ2) is 4.45. The number of nitrogens with two attached hydrogens (primary N) is 1. The number of nitrogen functional groups attached to an aromatic ring is 1. The number of nitrogens with zero attached hydrogens (tertiary/aromatic N) is 2. The average Bonchev–Trinajstić information content (AvgIpc) is 2.74. The topological polar surface area (TPSA) is 79.6 Å². The Labute approximate surface area is 87.8 Å². The lowest BCUT2D eigenvalue weighted by Crippen LogP contribution is -2.07. The predicted molar refractivity (Wildman–Crippen MR) is 59.4 cm³/mol. The highest BCUT2D eigenvalue weighted by Gasteiger charge is 1.95. The first kappa shape index (κ1) is 9.51. The maximum atomic E-state index is 5.53. The van der Waals surface area contributed by atoms with E-state index in [1.54, 1.807) is 12.4 Å². The van der Waals surface area contributed by atoms with Crippen molar-refractivity contribution in [3.05, 3.63) is 36.5 Å². The Bertz CT molecular complexity index is 392. The summed E-state index contributed by atoms with van der Waals surface area (Å²) in [5.74, 6) is 1.80. The number of anilines is 2. The first-order valence-electron chi connectivity index (χ1n) is 4.78. The molecule has 0 spiro atoms. The van der Waals surface area contributed by atoms with E-state index in [1.165, 1.54) is 0 Å². The van der Waals surface area contributed by atoms with Crippen LogP contribution in [0.3, 0.4) is 0 Å². The number of hydrogen-bond acceptors (Lipinski definition) is 4. The second-order valence-corrected chi connectivity index (χ2v) is 3.19. The highest BCUT2D eigenvalue weighted by atomic mass is 15.0. The van der Waals surface area contributed by atoms with E-state index in [0.717, 1.165) is 24.6 Å². The Balaban J connectivity index is 1.81. The standard InChI is InChI=1S/C10H13N5/c11-8-1-2-9(15-7-8)12-4-3-10-13-5-6-14-10/h1-2,5-7H,3-4,11H2,(H,12,15)(H,13,14). The second-order valence-electron chi connectivity index (χ2n) is 3.19. The third-order valence-electron chi connectivity index (χ3n) is 2.01. The van der Waals surface area contributed by atoms with E-state index in [2.05, 4.69) is 20.3 Å². The van der Waals surface area contributed by atoms with Crippen molar-refractivity contribution in [2.75, 3.05) is 17.6 Å². The molecule has 0 fully saturated rings. The van der Waals surface area contributed by atoms with Gasteiger partial charge in [-0.05, 0) is 12.1 Å². The summed E-state index contributed by atoms with van der Waals surface area (Å²) < 4.78 is 0. The summed E-state index contributed by atoms with van der Waals surface area (Å²) in [4.78, 5) is 11.3. The van der Waals surface area contributed by atoms with Gasteiger partial charge in [-0.15, -0.1) is 0 Å². The lowest BCUT2D eigenvalue weighted by molar-refractivity contribution is 0.922. The molecule has 0 saturated heterocycles. The van der Waals surface area contributed by atoms with Crippen LogP contribution in [-0.4, -0.2) is 21.5 Å². The molecule has 0 amide bonds. The number of aromatic nitrogens is 3. The molecule has 2 rings (SSSR count). The van der Waals surface area contributed by atoms with E-state index in [-0.39, 0.29) is 0 Å². The van der Waals surface area contributed by atoms with E-state index in [4.69, 9.17) is 5.73 Å². The van der Waals surface area contributed by atoms with Gasteiger partial charge in [0.25, 0.3) is 0 Å². The number of hydrogen-bond donors (Lipinski definition) is 3. The van der Waals surface area contributed by atoms with Crippen molar-refractivity contribution in [3.63, 3.8) is 0 Å². The zero-order chi connectivity index (χ0) is 10.5. The van der Waals surface area contributed by atoms with Gasteiger partial charge in [0, 0.05) is 25.4 Å². The van der Waals surface area contributed by atoms with Crippen molar-refractivity contribution < 1.29 is 0 Å². The molecule has 0 bridgehead atoms. The molecule has 5 nitrogen and oxygen atoms in total. The summed E-state index contributed by atoms with van der Waals surface area (Å²) in [6.45, 7) is 0.796. The van der Waals surface area contributed by atoms with Gasteiger partial charge < -0.3 is 16.0 Å². The Morgan fingerprint density at radius 3 is 2.93 bits per heavy atom. The molecule has 0 aliphatic carbocycles. The van der Waals surface area contributed by atoms with Crippen LogP contribution in [0.1, 0.15) is 5.82 Å². The highest BCUT2D eigenvalue weighted by molar-refractivity contribution is 5.43. The fraction of sp³-hybridized carbons (Fsp3) is 0.200. The molecule has 0 unspecified atom stereocenters. The van der Waals surface area contributed by atoms with E-state index < -0.39 is 0 Å². The van der Waals surface area contributed by atoms with Crippen LogP contribution in [0.25, 0.3) is 0 Å².